The molecule has 0 radical (unpaired) electrons. The molecular weight excluding hydrogens is 242 g/mol. The highest BCUT2D eigenvalue weighted by Gasteiger charge is 2.42. The van der Waals surface area contributed by atoms with Gasteiger partial charge in [-0.1, -0.05) is 18.2 Å². The summed E-state index contributed by atoms with van der Waals surface area (Å²) in [4.78, 5) is 0. The maximum Gasteiger partial charge on any atom is 0.0472 e. The third-order valence-corrected chi connectivity index (χ3v) is 5.13. The first-order valence-electron chi connectivity index (χ1n) is 8.02. The lowest BCUT2D eigenvalue weighted by atomic mass is 9.85. The van der Waals surface area contributed by atoms with Gasteiger partial charge in [0.15, 0.2) is 0 Å². The van der Waals surface area contributed by atoms with Crippen molar-refractivity contribution in [3.8, 4) is 0 Å². The van der Waals surface area contributed by atoms with Gasteiger partial charge in [-0.05, 0) is 79.2 Å². The van der Waals surface area contributed by atoms with Crippen molar-refractivity contribution < 1.29 is 0 Å². The highest BCUT2D eigenvalue weighted by Crippen LogP contribution is 2.55. The van der Waals surface area contributed by atoms with Crippen molar-refractivity contribution in [1.82, 2.24) is 4.57 Å². The molecule has 2 aliphatic rings. The molecular formula is C19H23N. The van der Waals surface area contributed by atoms with Gasteiger partial charge in [-0.3, -0.25) is 0 Å². The van der Waals surface area contributed by atoms with E-state index in [0.29, 0.717) is 0 Å². The first kappa shape index (κ1) is 12.3. The Morgan fingerprint density at radius 1 is 1.00 bits per heavy atom. The number of hydrogen-bond acceptors (Lipinski definition) is 0. The van der Waals surface area contributed by atoms with Crippen LogP contribution < -0.4 is 0 Å². The second-order valence-electron chi connectivity index (χ2n) is 6.69. The lowest BCUT2D eigenvalue weighted by molar-refractivity contribution is 0.534. The minimum atomic E-state index is 0.861. The van der Waals surface area contributed by atoms with Crippen molar-refractivity contribution in [2.45, 2.75) is 45.1 Å². The fourth-order valence-electron chi connectivity index (χ4n) is 3.71. The molecule has 1 aromatic heterocycles. The van der Waals surface area contributed by atoms with Gasteiger partial charge in [0, 0.05) is 18.9 Å². The molecule has 0 spiro atoms. The molecule has 1 aromatic carbocycles. The predicted molar refractivity (Wildman–Crippen MR) is 82.9 cm³/mol. The molecule has 1 heteroatoms. The molecule has 2 saturated carbocycles. The average Bonchev–Trinajstić information content (AvgIpc) is 3.37. The summed E-state index contributed by atoms with van der Waals surface area (Å²) in [7, 11) is 0. The standard InChI is InChI=1S/C19H23N/c1-14-17(13-20-11-2-3-12-20)5-4-6-18(14)19(15-7-8-15)16-9-10-16/h2-6,11-12,15-16,19H,7-10,13H2,1H3. The molecule has 1 heterocycles. The molecule has 0 N–H and O–H groups in total. The van der Waals surface area contributed by atoms with Crippen molar-refractivity contribution in [2.75, 3.05) is 0 Å². The second kappa shape index (κ2) is 4.80. The molecule has 2 aliphatic carbocycles. The van der Waals surface area contributed by atoms with Crippen LogP contribution in [0.4, 0.5) is 0 Å². The largest absolute Gasteiger partial charge is 0.350 e. The van der Waals surface area contributed by atoms with E-state index in [1.807, 2.05) is 0 Å². The van der Waals surface area contributed by atoms with Gasteiger partial charge < -0.3 is 4.57 Å². The minimum Gasteiger partial charge on any atom is -0.350 e. The van der Waals surface area contributed by atoms with Crippen molar-refractivity contribution in [3.05, 3.63) is 59.4 Å². The summed E-state index contributed by atoms with van der Waals surface area (Å²) in [5.41, 5.74) is 4.69. The van der Waals surface area contributed by atoms with E-state index in [2.05, 4.69) is 54.2 Å². The number of rotatable bonds is 5. The van der Waals surface area contributed by atoms with Crippen LogP contribution in [0, 0.1) is 18.8 Å². The molecule has 0 saturated heterocycles. The molecule has 2 aromatic rings. The van der Waals surface area contributed by atoms with Gasteiger partial charge in [0.25, 0.3) is 0 Å². The molecule has 2 fully saturated rings. The highest BCUT2D eigenvalue weighted by molar-refractivity contribution is 5.38. The van der Waals surface area contributed by atoms with Crippen LogP contribution in [0.3, 0.4) is 0 Å². The molecule has 4 rings (SSSR count). The van der Waals surface area contributed by atoms with Gasteiger partial charge in [-0.15, -0.1) is 0 Å². The van der Waals surface area contributed by atoms with Gasteiger partial charge >= 0.3 is 0 Å². The lowest BCUT2D eigenvalue weighted by Gasteiger charge is -2.21. The SMILES string of the molecule is Cc1c(Cn2cccc2)cccc1C(C1CC1)C1CC1. The van der Waals surface area contributed by atoms with Gasteiger partial charge in [-0.25, -0.2) is 0 Å². The summed E-state index contributed by atoms with van der Waals surface area (Å²) < 4.78 is 2.27. The molecule has 0 unspecified atom stereocenters. The zero-order valence-corrected chi connectivity index (χ0v) is 12.3. The normalized spacial score (nSPS) is 18.7. The van der Waals surface area contributed by atoms with Crippen molar-refractivity contribution in [2.24, 2.45) is 11.8 Å². The number of aromatic nitrogens is 1. The fraction of sp³-hybridized carbons (Fsp3) is 0.474. The summed E-state index contributed by atoms with van der Waals surface area (Å²) in [6, 6.07) is 11.2. The Bertz CT molecular complexity index is 576. The van der Waals surface area contributed by atoms with Crippen molar-refractivity contribution in [3.63, 3.8) is 0 Å². The van der Waals surface area contributed by atoms with E-state index in [-0.39, 0.29) is 0 Å². The molecule has 0 aliphatic heterocycles. The van der Waals surface area contributed by atoms with E-state index in [0.717, 1.165) is 24.3 Å². The summed E-state index contributed by atoms with van der Waals surface area (Å²) in [6.45, 7) is 3.35. The third-order valence-electron chi connectivity index (χ3n) is 5.13. The predicted octanol–water partition coefficient (Wildman–Crippen LogP) is 4.75. The molecule has 1 nitrogen and oxygen atoms in total. The van der Waals surface area contributed by atoms with Gasteiger partial charge in [-0.2, -0.15) is 0 Å². The van der Waals surface area contributed by atoms with Crippen LogP contribution in [0.25, 0.3) is 0 Å². The molecule has 104 valence electrons. The maximum absolute atomic E-state index is 2.40. The smallest absolute Gasteiger partial charge is 0.0472 e. The Labute approximate surface area is 121 Å². The van der Waals surface area contributed by atoms with Gasteiger partial charge in [0.05, 0.1) is 0 Å². The number of nitrogens with zero attached hydrogens (tertiary/aromatic N) is 1. The van der Waals surface area contributed by atoms with Crippen LogP contribution in [0.2, 0.25) is 0 Å². The molecule has 20 heavy (non-hydrogen) atoms. The van der Waals surface area contributed by atoms with E-state index in [4.69, 9.17) is 0 Å². The Balaban J connectivity index is 1.66. The van der Waals surface area contributed by atoms with Crippen LogP contribution in [0.15, 0.2) is 42.7 Å². The number of benzene rings is 1. The maximum atomic E-state index is 2.40. The van der Waals surface area contributed by atoms with Gasteiger partial charge in [0.2, 0.25) is 0 Å². The zero-order valence-electron chi connectivity index (χ0n) is 12.3. The topological polar surface area (TPSA) is 4.93 Å². The Kier molecular flexibility index (Phi) is 2.94. The Hall–Kier alpha value is -1.50. The summed E-state index contributed by atoms with van der Waals surface area (Å²) >= 11 is 0. The molecule has 0 atom stereocenters. The van der Waals surface area contributed by atoms with Gasteiger partial charge in [0.1, 0.15) is 0 Å². The van der Waals surface area contributed by atoms with Crippen LogP contribution in [-0.2, 0) is 6.54 Å². The van der Waals surface area contributed by atoms with Crippen LogP contribution in [0.5, 0.6) is 0 Å². The Morgan fingerprint density at radius 3 is 2.25 bits per heavy atom. The van der Waals surface area contributed by atoms with Crippen molar-refractivity contribution >= 4 is 0 Å². The van der Waals surface area contributed by atoms with E-state index < -0.39 is 0 Å². The summed E-state index contributed by atoms with van der Waals surface area (Å²) in [5, 5.41) is 0. The van der Waals surface area contributed by atoms with Crippen LogP contribution in [-0.4, -0.2) is 4.57 Å². The first-order valence-corrected chi connectivity index (χ1v) is 8.02. The van der Waals surface area contributed by atoms with E-state index in [1.165, 1.54) is 31.2 Å². The first-order chi connectivity index (χ1) is 9.83. The van der Waals surface area contributed by atoms with Crippen molar-refractivity contribution in [1.29, 1.82) is 0 Å². The molecule has 0 amide bonds. The summed E-state index contributed by atoms with van der Waals surface area (Å²) in [6.07, 6.45) is 10.2. The monoisotopic (exact) mass is 265 g/mol. The average molecular weight is 265 g/mol. The molecule has 0 bridgehead atoms. The van der Waals surface area contributed by atoms with E-state index >= 15 is 0 Å². The fourth-order valence-corrected chi connectivity index (χ4v) is 3.71. The minimum absolute atomic E-state index is 0.861. The third kappa shape index (κ3) is 2.30. The van der Waals surface area contributed by atoms with Crippen LogP contribution in [0.1, 0.15) is 48.3 Å². The quantitative estimate of drug-likeness (QED) is 0.735. The highest BCUT2D eigenvalue weighted by atomic mass is 14.9. The second-order valence-corrected chi connectivity index (χ2v) is 6.69. The summed E-state index contributed by atoms with van der Waals surface area (Å²) in [5.74, 6) is 2.84. The van der Waals surface area contributed by atoms with E-state index in [9.17, 15) is 0 Å². The lowest BCUT2D eigenvalue weighted by Crippen LogP contribution is -2.09. The van der Waals surface area contributed by atoms with Crippen LogP contribution >= 0.6 is 0 Å². The number of hydrogen-bond donors (Lipinski definition) is 0. The Morgan fingerprint density at radius 2 is 1.65 bits per heavy atom. The van der Waals surface area contributed by atoms with E-state index in [1.54, 1.807) is 11.1 Å². The zero-order chi connectivity index (χ0) is 13.5.